The smallest absolute Gasteiger partial charge is 0.320 e. The van der Waals surface area contributed by atoms with Gasteiger partial charge in [0.15, 0.2) is 11.5 Å². The number of ether oxygens (including phenoxy) is 3. The van der Waals surface area contributed by atoms with Crippen molar-refractivity contribution in [2.24, 2.45) is 0 Å². The molecule has 0 spiro atoms. The minimum Gasteiger partial charge on any atom is -0.493 e. The van der Waals surface area contributed by atoms with Gasteiger partial charge in [-0.2, -0.15) is 0 Å². The molecule has 1 aliphatic rings. The number of anilines is 2. The Labute approximate surface area is 201 Å². The van der Waals surface area contributed by atoms with Crippen molar-refractivity contribution in [1.29, 1.82) is 0 Å². The second-order valence-electron chi connectivity index (χ2n) is 7.73. The van der Waals surface area contributed by atoms with Crippen molar-refractivity contribution in [1.82, 2.24) is 14.9 Å². The minimum absolute atomic E-state index is 0.199. The van der Waals surface area contributed by atoms with E-state index in [-0.39, 0.29) is 12.5 Å². The molecule has 0 bridgehead atoms. The maximum atomic E-state index is 11.9. The zero-order valence-electron chi connectivity index (χ0n) is 18.7. The number of hydrogen-bond donors (Lipinski definition) is 1. The average molecular weight is 515 g/mol. The third-order valence-corrected chi connectivity index (χ3v) is 5.84. The molecule has 174 valence electrons. The van der Waals surface area contributed by atoms with Gasteiger partial charge in [0.05, 0.1) is 25.8 Å². The molecule has 33 heavy (non-hydrogen) atoms. The number of nitrogens with zero attached hydrogens (tertiary/aromatic N) is 3. The van der Waals surface area contributed by atoms with E-state index in [1.165, 1.54) is 6.33 Å². The first kappa shape index (κ1) is 23.3. The summed E-state index contributed by atoms with van der Waals surface area (Å²) in [5.41, 5.74) is 1.65. The molecule has 0 aliphatic heterocycles. The molecule has 1 heterocycles. The number of carbonyl (C=O) groups excluding carboxylic acids is 1. The number of methoxy groups -OCH3 is 1. The van der Waals surface area contributed by atoms with Gasteiger partial charge in [-0.3, -0.25) is 9.69 Å². The molecule has 2 aromatic carbocycles. The first-order valence-corrected chi connectivity index (χ1v) is 11.7. The van der Waals surface area contributed by atoms with E-state index in [0.717, 1.165) is 33.9 Å². The summed E-state index contributed by atoms with van der Waals surface area (Å²) in [4.78, 5) is 22.8. The van der Waals surface area contributed by atoms with Crippen LogP contribution in [0.3, 0.4) is 0 Å². The molecule has 4 rings (SSSR count). The van der Waals surface area contributed by atoms with Gasteiger partial charge in [0.2, 0.25) is 0 Å². The first-order chi connectivity index (χ1) is 16.1. The van der Waals surface area contributed by atoms with Crippen molar-refractivity contribution >= 4 is 44.3 Å². The number of fused-ring (bicyclic) bond motifs is 1. The fraction of sp³-hybridized carbons (Fsp3) is 0.375. The topological polar surface area (TPSA) is 85.8 Å². The number of carbonyl (C=O) groups is 1. The molecule has 0 unspecified atom stereocenters. The lowest BCUT2D eigenvalue weighted by Gasteiger charge is -2.21. The van der Waals surface area contributed by atoms with Crippen molar-refractivity contribution in [3.63, 3.8) is 0 Å². The van der Waals surface area contributed by atoms with Crippen molar-refractivity contribution in [2.75, 3.05) is 38.7 Å². The fourth-order valence-corrected chi connectivity index (χ4v) is 4.01. The highest BCUT2D eigenvalue weighted by Gasteiger charge is 2.30. The lowest BCUT2D eigenvalue weighted by atomic mass is 10.2. The number of rotatable bonds is 11. The lowest BCUT2D eigenvalue weighted by Crippen LogP contribution is -2.36. The fourth-order valence-electron chi connectivity index (χ4n) is 3.61. The third kappa shape index (κ3) is 6.11. The molecule has 9 heteroatoms. The van der Waals surface area contributed by atoms with E-state index in [9.17, 15) is 4.79 Å². The van der Waals surface area contributed by atoms with E-state index in [2.05, 4.69) is 36.1 Å². The Morgan fingerprint density at radius 3 is 2.79 bits per heavy atom. The molecule has 1 fully saturated rings. The second kappa shape index (κ2) is 10.8. The van der Waals surface area contributed by atoms with Gasteiger partial charge < -0.3 is 19.5 Å². The van der Waals surface area contributed by atoms with Crippen LogP contribution in [0, 0.1) is 0 Å². The van der Waals surface area contributed by atoms with Crippen LogP contribution >= 0.6 is 15.9 Å². The van der Waals surface area contributed by atoms with Crippen molar-refractivity contribution in [3.05, 3.63) is 47.2 Å². The normalized spacial score (nSPS) is 13.2. The van der Waals surface area contributed by atoms with Crippen LogP contribution in [-0.4, -0.2) is 60.3 Å². The van der Waals surface area contributed by atoms with Crippen molar-refractivity contribution in [3.8, 4) is 11.5 Å². The van der Waals surface area contributed by atoms with Gasteiger partial charge in [0.1, 0.15) is 18.8 Å². The van der Waals surface area contributed by atoms with E-state index in [1.54, 1.807) is 7.11 Å². The molecule has 0 amide bonds. The van der Waals surface area contributed by atoms with Gasteiger partial charge in [-0.05, 0) is 44.0 Å². The van der Waals surface area contributed by atoms with Gasteiger partial charge in [0, 0.05) is 34.2 Å². The third-order valence-electron chi connectivity index (χ3n) is 5.34. The van der Waals surface area contributed by atoms with Gasteiger partial charge >= 0.3 is 5.97 Å². The molecular weight excluding hydrogens is 488 g/mol. The van der Waals surface area contributed by atoms with Crippen molar-refractivity contribution < 1.29 is 19.0 Å². The molecule has 0 saturated heterocycles. The molecule has 1 saturated carbocycles. The summed E-state index contributed by atoms with van der Waals surface area (Å²) in [5.74, 6) is 1.68. The highest BCUT2D eigenvalue weighted by atomic mass is 79.9. The highest BCUT2D eigenvalue weighted by molar-refractivity contribution is 9.10. The molecule has 1 N–H and O–H groups in total. The maximum Gasteiger partial charge on any atom is 0.320 e. The second-order valence-corrected chi connectivity index (χ2v) is 8.65. The number of esters is 1. The van der Waals surface area contributed by atoms with Crippen molar-refractivity contribution in [2.45, 2.75) is 25.8 Å². The Balaban J connectivity index is 1.48. The Bertz CT molecular complexity index is 1120. The average Bonchev–Trinajstić information content (AvgIpc) is 3.64. The summed E-state index contributed by atoms with van der Waals surface area (Å²) < 4.78 is 17.7. The molecule has 8 nitrogen and oxygen atoms in total. The maximum absolute atomic E-state index is 11.9. The van der Waals surface area contributed by atoms with Gasteiger partial charge in [-0.1, -0.05) is 22.0 Å². The SMILES string of the molecule is CCOC(=O)CN(CCOc1cc2ncnc(Nc3cccc(Br)c3)c2cc1OC)C1CC1. The first-order valence-electron chi connectivity index (χ1n) is 10.9. The highest BCUT2D eigenvalue weighted by Crippen LogP contribution is 2.35. The summed E-state index contributed by atoms with van der Waals surface area (Å²) in [6.45, 7) is 3.55. The zero-order valence-corrected chi connectivity index (χ0v) is 20.3. The minimum atomic E-state index is -0.199. The van der Waals surface area contributed by atoms with E-state index in [4.69, 9.17) is 14.2 Å². The summed E-state index contributed by atoms with van der Waals surface area (Å²) >= 11 is 3.49. The molecule has 0 radical (unpaired) electrons. The molecular formula is C24H27BrN4O4. The summed E-state index contributed by atoms with van der Waals surface area (Å²) in [6, 6.07) is 12.0. The molecule has 0 atom stereocenters. The Hall–Kier alpha value is -2.91. The number of halogens is 1. The molecule has 3 aromatic rings. The Morgan fingerprint density at radius 1 is 1.21 bits per heavy atom. The van der Waals surface area contributed by atoms with Crippen LogP contribution in [0.4, 0.5) is 11.5 Å². The Kier molecular flexibility index (Phi) is 7.61. The van der Waals surface area contributed by atoms with E-state index >= 15 is 0 Å². The molecule has 1 aromatic heterocycles. The predicted molar refractivity (Wildman–Crippen MR) is 130 cm³/mol. The lowest BCUT2D eigenvalue weighted by molar-refractivity contribution is -0.144. The van der Waals surface area contributed by atoms with E-state index in [1.807, 2.05) is 43.3 Å². The quantitative estimate of drug-likeness (QED) is 0.373. The van der Waals surface area contributed by atoms with Crippen LogP contribution in [0.2, 0.25) is 0 Å². The number of aromatic nitrogens is 2. The van der Waals surface area contributed by atoms with E-state index < -0.39 is 0 Å². The van der Waals surface area contributed by atoms with Gasteiger partial charge in [-0.15, -0.1) is 0 Å². The summed E-state index contributed by atoms with van der Waals surface area (Å²) in [6.07, 6.45) is 3.72. The monoisotopic (exact) mass is 514 g/mol. The number of hydrogen-bond acceptors (Lipinski definition) is 8. The summed E-state index contributed by atoms with van der Waals surface area (Å²) in [5, 5.41) is 4.16. The predicted octanol–water partition coefficient (Wildman–Crippen LogP) is 4.55. The van der Waals surface area contributed by atoms with Crippen LogP contribution in [0.1, 0.15) is 19.8 Å². The van der Waals surface area contributed by atoms with Crippen LogP contribution in [-0.2, 0) is 9.53 Å². The zero-order chi connectivity index (χ0) is 23.2. The van der Waals surface area contributed by atoms with Crippen LogP contribution < -0.4 is 14.8 Å². The number of benzene rings is 2. The standard InChI is InChI=1S/C24H27BrN4O4/c1-3-32-23(30)14-29(18-7-8-18)9-10-33-22-13-20-19(12-21(22)31-2)24(27-15-26-20)28-17-6-4-5-16(25)11-17/h4-6,11-13,15,18H,3,7-10,14H2,1-2H3,(H,26,27,28). The van der Waals surface area contributed by atoms with Crippen LogP contribution in [0.15, 0.2) is 47.2 Å². The number of nitrogens with one attached hydrogen (secondary N) is 1. The van der Waals surface area contributed by atoms with Gasteiger partial charge in [-0.25, -0.2) is 9.97 Å². The largest absolute Gasteiger partial charge is 0.493 e. The van der Waals surface area contributed by atoms with Crippen LogP contribution in [0.25, 0.3) is 10.9 Å². The molecule has 1 aliphatic carbocycles. The van der Waals surface area contributed by atoms with Gasteiger partial charge in [0.25, 0.3) is 0 Å². The van der Waals surface area contributed by atoms with E-state index in [0.29, 0.717) is 43.1 Å². The Morgan fingerprint density at radius 2 is 2.06 bits per heavy atom. The van der Waals surface area contributed by atoms with Crippen LogP contribution in [0.5, 0.6) is 11.5 Å². The summed E-state index contributed by atoms with van der Waals surface area (Å²) in [7, 11) is 1.61.